The number of nitrogens with zero attached hydrogens (tertiary/aromatic N) is 1. The smallest absolute Gasteiger partial charge is 0.0730 e. The Morgan fingerprint density at radius 1 is 0.739 bits per heavy atom. The van der Waals surface area contributed by atoms with Crippen LogP contribution in [0.25, 0.3) is 21.8 Å². The number of nitrogens with one attached hydrogen (secondary N) is 1. The molecule has 5 N–H and O–H groups in total. The lowest BCUT2D eigenvalue weighted by atomic mass is 10.1. The zero-order chi connectivity index (χ0) is 15.8. The van der Waals surface area contributed by atoms with Crippen LogP contribution >= 0.6 is 0 Å². The van der Waals surface area contributed by atoms with Crippen LogP contribution in [0.1, 0.15) is 0 Å². The van der Waals surface area contributed by atoms with Crippen molar-refractivity contribution in [2.75, 3.05) is 16.8 Å². The Morgan fingerprint density at radius 2 is 1.35 bits per heavy atom. The van der Waals surface area contributed by atoms with Crippen LogP contribution < -0.4 is 16.8 Å². The van der Waals surface area contributed by atoms with Gasteiger partial charge in [0.1, 0.15) is 0 Å². The van der Waals surface area contributed by atoms with Crippen LogP contribution in [-0.2, 0) is 0 Å². The molecule has 0 amide bonds. The van der Waals surface area contributed by atoms with Crippen molar-refractivity contribution in [3.05, 3.63) is 66.7 Å². The largest absolute Gasteiger partial charge is 0.399 e. The van der Waals surface area contributed by atoms with Gasteiger partial charge in [-0.3, -0.25) is 0 Å². The van der Waals surface area contributed by atoms with Gasteiger partial charge in [-0.15, -0.1) is 0 Å². The predicted molar refractivity (Wildman–Crippen MR) is 97.8 cm³/mol. The van der Waals surface area contributed by atoms with Gasteiger partial charge in [-0.05, 0) is 30.3 Å². The molecule has 0 radical (unpaired) electrons. The van der Waals surface area contributed by atoms with E-state index >= 15 is 0 Å². The molecule has 112 valence electrons. The fourth-order valence-electron chi connectivity index (χ4n) is 2.80. The Hall–Kier alpha value is -3.27. The Balaban J connectivity index is 1.99. The van der Waals surface area contributed by atoms with Crippen molar-refractivity contribution in [2.24, 2.45) is 0 Å². The van der Waals surface area contributed by atoms with Gasteiger partial charge in [0.05, 0.1) is 28.1 Å². The summed E-state index contributed by atoms with van der Waals surface area (Å²) in [7, 11) is 0. The maximum absolute atomic E-state index is 6.10. The van der Waals surface area contributed by atoms with E-state index in [1.165, 1.54) is 0 Å². The van der Waals surface area contributed by atoms with E-state index in [2.05, 4.69) is 17.4 Å². The van der Waals surface area contributed by atoms with Crippen molar-refractivity contribution < 1.29 is 0 Å². The molecule has 4 aromatic rings. The Kier molecular flexibility index (Phi) is 3.01. The molecule has 0 bridgehead atoms. The number of fused-ring (bicyclic) bond motifs is 2. The third-order valence-electron chi connectivity index (χ3n) is 3.92. The summed E-state index contributed by atoms with van der Waals surface area (Å²) in [5.41, 5.74) is 16.9. The Bertz CT molecular complexity index is 970. The van der Waals surface area contributed by atoms with Crippen LogP contribution in [0.3, 0.4) is 0 Å². The number of rotatable bonds is 2. The van der Waals surface area contributed by atoms with E-state index in [0.717, 1.165) is 33.2 Å². The van der Waals surface area contributed by atoms with Crippen LogP contribution in [-0.4, -0.2) is 4.98 Å². The minimum atomic E-state index is 0.620. The van der Waals surface area contributed by atoms with Crippen LogP contribution in [0, 0.1) is 0 Å². The fourth-order valence-corrected chi connectivity index (χ4v) is 2.80. The number of para-hydroxylation sites is 2. The highest BCUT2D eigenvalue weighted by atomic mass is 14.9. The molecule has 1 heterocycles. The standard InChI is InChI=1S/C19H16N4/c20-12-9-10-18(15(21)11-12)23-19-13-5-1-3-7-16(13)22-17-8-4-2-6-14(17)19/h1-11H,20-21H2,(H,22,23). The van der Waals surface area contributed by atoms with Crippen LogP contribution in [0.4, 0.5) is 22.7 Å². The Labute approximate surface area is 133 Å². The molecule has 0 atom stereocenters. The minimum Gasteiger partial charge on any atom is -0.399 e. The lowest BCUT2D eigenvalue weighted by Gasteiger charge is -2.15. The lowest BCUT2D eigenvalue weighted by Crippen LogP contribution is -1.99. The quantitative estimate of drug-likeness (QED) is 0.381. The lowest BCUT2D eigenvalue weighted by molar-refractivity contribution is 1.48. The molecule has 0 aliphatic rings. The fraction of sp³-hybridized carbons (Fsp3) is 0. The van der Waals surface area contributed by atoms with E-state index in [4.69, 9.17) is 16.5 Å². The number of aromatic nitrogens is 1. The molecule has 0 saturated heterocycles. The molecular formula is C19H16N4. The third-order valence-corrected chi connectivity index (χ3v) is 3.92. The van der Waals surface area contributed by atoms with E-state index in [1.807, 2.05) is 48.5 Å². The molecule has 4 heteroatoms. The monoisotopic (exact) mass is 300 g/mol. The highest BCUT2D eigenvalue weighted by Gasteiger charge is 2.10. The number of nitrogen functional groups attached to an aromatic ring is 2. The van der Waals surface area contributed by atoms with Crippen LogP contribution in [0.5, 0.6) is 0 Å². The van der Waals surface area contributed by atoms with Crippen molar-refractivity contribution in [1.82, 2.24) is 4.98 Å². The van der Waals surface area contributed by atoms with Gasteiger partial charge in [0.2, 0.25) is 0 Å². The predicted octanol–water partition coefficient (Wildman–Crippen LogP) is 4.30. The second kappa shape index (κ2) is 5.18. The number of nitrogens with two attached hydrogens (primary N) is 2. The van der Waals surface area contributed by atoms with E-state index in [9.17, 15) is 0 Å². The van der Waals surface area contributed by atoms with Gasteiger partial charge in [-0.1, -0.05) is 36.4 Å². The molecule has 0 spiro atoms. The molecule has 1 aromatic heterocycles. The molecule has 0 aliphatic carbocycles. The van der Waals surface area contributed by atoms with E-state index in [1.54, 1.807) is 6.07 Å². The molecule has 0 fully saturated rings. The molecule has 23 heavy (non-hydrogen) atoms. The van der Waals surface area contributed by atoms with Crippen molar-refractivity contribution >= 4 is 44.6 Å². The summed E-state index contributed by atoms with van der Waals surface area (Å²) in [4.78, 5) is 4.73. The first-order chi connectivity index (χ1) is 11.2. The first-order valence-corrected chi connectivity index (χ1v) is 7.42. The third kappa shape index (κ3) is 2.30. The summed E-state index contributed by atoms with van der Waals surface area (Å²) >= 11 is 0. The van der Waals surface area contributed by atoms with Gasteiger partial charge < -0.3 is 16.8 Å². The van der Waals surface area contributed by atoms with E-state index in [-0.39, 0.29) is 0 Å². The molecule has 0 unspecified atom stereocenters. The van der Waals surface area contributed by atoms with Gasteiger partial charge in [-0.25, -0.2) is 4.98 Å². The van der Waals surface area contributed by atoms with Crippen molar-refractivity contribution in [2.45, 2.75) is 0 Å². The molecule has 4 rings (SSSR count). The van der Waals surface area contributed by atoms with Gasteiger partial charge in [0.25, 0.3) is 0 Å². The summed E-state index contributed by atoms with van der Waals surface area (Å²) in [6.07, 6.45) is 0. The Morgan fingerprint density at radius 3 is 1.96 bits per heavy atom. The van der Waals surface area contributed by atoms with Crippen molar-refractivity contribution in [3.63, 3.8) is 0 Å². The first kappa shape index (κ1) is 13.4. The van der Waals surface area contributed by atoms with Gasteiger partial charge >= 0.3 is 0 Å². The summed E-state index contributed by atoms with van der Waals surface area (Å²) in [6.45, 7) is 0. The SMILES string of the molecule is Nc1ccc(Nc2c3ccccc3nc3ccccc23)c(N)c1. The maximum atomic E-state index is 6.10. The molecule has 0 saturated carbocycles. The van der Waals surface area contributed by atoms with E-state index in [0.29, 0.717) is 11.4 Å². The summed E-state index contributed by atoms with van der Waals surface area (Å²) < 4.78 is 0. The first-order valence-electron chi connectivity index (χ1n) is 7.42. The van der Waals surface area contributed by atoms with Gasteiger partial charge in [-0.2, -0.15) is 0 Å². The highest BCUT2D eigenvalue weighted by Crippen LogP contribution is 2.34. The zero-order valence-corrected chi connectivity index (χ0v) is 12.5. The van der Waals surface area contributed by atoms with Gasteiger partial charge in [0, 0.05) is 16.5 Å². The minimum absolute atomic E-state index is 0.620. The van der Waals surface area contributed by atoms with Crippen LogP contribution in [0.2, 0.25) is 0 Å². The van der Waals surface area contributed by atoms with E-state index < -0.39 is 0 Å². The number of anilines is 4. The average Bonchev–Trinajstić information content (AvgIpc) is 2.56. The van der Waals surface area contributed by atoms with Crippen LogP contribution in [0.15, 0.2) is 66.7 Å². The highest BCUT2D eigenvalue weighted by molar-refractivity contribution is 6.09. The average molecular weight is 300 g/mol. The second-order valence-corrected chi connectivity index (χ2v) is 5.49. The van der Waals surface area contributed by atoms with Gasteiger partial charge in [0.15, 0.2) is 0 Å². The maximum Gasteiger partial charge on any atom is 0.0730 e. The molecule has 4 nitrogen and oxygen atoms in total. The summed E-state index contributed by atoms with van der Waals surface area (Å²) in [5.74, 6) is 0. The normalized spacial score (nSPS) is 11.0. The number of benzene rings is 3. The second-order valence-electron chi connectivity index (χ2n) is 5.49. The molecule has 3 aromatic carbocycles. The summed E-state index contributed by atoms with van der Waals surface area (Å²) in [6, 6.07) is 21.6. The van der Waals surface area contributed by atoms with Crippen molar-refractivity contribution in [1.29, 1.82) is 0 Å². The topological polar surface area (TPSA) is 77.0 Å². The number of hydrogen-bond acceptors (Lipinski definition) is 4. The zero-order valence-electron chi connectivity index (χ0n) is 12.5. The number of pyridine rings is 1. The molecular weight excluding hydrogens is 284 g/mol. The number of hydrogen-bond donors (Lipinski definition) is 3. The summed E-state index contributed by atoms with van der Waals surface area (Å²) in [5, 5.41) is 5.58. The molecule has 0 aliphatic heterocycles. The van der Waals surface area contributed by atoms with Crippen molar-refractivity contribution in [3.8, 4) is 0 Å².